The van der Waals surface area contributed by atoms with Crippen molar-refractivity contribution in [3.63, 3.8) is 0 Å². The van der Waals surface area contributed by atoms with Crippen LogP contribution in [-0.4, -0.2) is 38.6 Å². The van der Waals surface area contributed by atoms with Crippen molar-refractivity contribution >= 4 is 49.5 Å². The van der Waals surface area contributed by atoms with Crippen molar-refractivity contribution in [3.8, 4) is 5.75 Å². The maximum absolute atomic E-state index is 10.0. The van der Waals surface area contributed by atoms with Gasteiger partial charge in [-0.2, -0.15) is 11.8 Å². The number of phenols is 1. The fraction of sp³-hybridized carbons (Fsp3) is 0.312. The highest BCUT2D eigenvalue weighted by atomic mass is 79.9. The Hall–Kier alpha value is -1.24. The van der Waals surface area contributed by atoms with Crippen molar-refractivity contribution in [3.05, 3.63) is 34.6 Å². The van der Waals surface area contributed by atoms with Gasteiger partial charge in [0.2, 0.25) is 0 Å². The van der Waals surface area contributed by atoms with Gasteiger partial charge in [0.1, 0.15) is 5.75 Å². The van der Waals surface area contributed by atoms with E-state index >= 15 is 0 Å². The predicted molar refractivity (Wildman–Crippen MR) is 95.5 cm³/mol. The van der Waals surface area contributed by atoms with Crippen molar-refractivity contribution in [1.29, 1.82) is 0 Å². The van der Waals surface area contributed by atoms with Crippen LogP contribution in [0.15, 0.2) is 28.9 Å². The molecule has 2 aromatic heterocycles. The Kier molecular flexibility index (Phi) is 3.36. The Morgan fingerprint density at radius 1 is 1.41 bits per heavy atom. The molecule has 1 atom stereocenters. The monoisotopic (exact) mass is 377 g/mol. The van der Waals surface area contributed by atoms with Crippen LogP contribution < -0.4 is 0 Å². The van der Waals surface area contributed by atoms with Gasteiger partial charge >= 0.3 is 0 Å². The molecule has 4 nitrogen and oxygen atoms in total. The predicted octanol–water partition coefficient (Wildman–Crippen LogP) is 3.96. The van der Waals surface area contributed by atoms with Gasteiger partial charge in [0, 0.05) is 22.7 Å². The van der Waals surface area contributed by atoms with Crippen molar-refractivity contribution in [2.45, 2.75) is 12.7 Å². The van der Waals surface area contributed by atoms with Gasteiger partial charge in [0.05, 0.1) is 33.9 Å². The van der Waals surface area contributed by atoms with E-state index in [1.165, 1.54) is 5.52 Å². The van der Waals surface area contributed by atoms with E-state index < -0.39 is 0 Å². The molecule has 1 unspecified atom stereocenters. The number of phenolic OH excluding ortho intramolecular Hbond substituents is 1. The summed E-state index contributed by atoms with van der Waals surface area (Å²) < 4.78 is 3.06. The molecule has 1 aromatic carbocycles. The highest BCUT2D eigenvalue weighted by Crippen LogP contribution is 2.43. The molecule has 0 aliphatic carbocycles. The van der Waals surface area contributed by atoms with Gasteiger partial charge in [0.15, 0.2) is 0 Å². The molecule has 3 heterocycles. The zero-order chi connectivity index (χ0) is 15.4. The minimum absolute atomic E-state index is 0.276. The lowest BCUT2D eigenvalue weighted by atomic mass is 10.1. The van der Waals surface area contributed by atoms with Crippen LogP contribution in [0.2, 0.25) is 0 Å². The summed E-state index contributed by atoms with van der Waals surface area (Å²) in [4.78, 5) is 7.02. The number of rotatable bonds is 2. The van der Waals surface area contributed by atoms with E-state index in [2.05, 4.69) is 43.7 Å². The topological polar surface area (TPSA) is 41.3 Å². The number of aromatic nitrogens is 2. The van der Waals surface area contributed by atoms with Crippen LogP contribution in [0.5, 0.6) is 5.75 Å². The molecule has 6 heteroatoms. The first-order chi connectivity index (χ1) is 10.6. The zero-order valence-corrected chi connectivity index (χ0v) is 14.8. The summed E-state index contributed by atoms with van der Waals surface area (Å²) >= 11 is 5.39. The SMILES string of the molecule is CSCC1c2nccc3c4c(Br)c(O)ccc4n(c23)CN1C. The maximum atomic E-state index is 10.0. The molecular weight excluding hydrogens is 362 g/mol. The second kappa shape index (κ2) is 5.15. The summed E-state index contributed by atoms with van der Waals surface area (Å²) in [6, 6.07) is 6.10. The fourth-order valence-electron chi connectivity index (χ4n) is 3.40. The summed E-state index contributed by atoms with van der Waals surface area (Å²) in [6.07, 6.45) is 4.01. The second-order valence-corrected chi connectivity index (χ2v) is 7.39. The Morgan fingerprint density at radius 3 is 3.00 bits per heavy atom. The average Bonchev–Trinajstić information content (AvgIpc) is 2.83. The zero-order valence-electron chi connectivity index (χ0n) is 12.4. The molecule has 0 saturated carbocycles. The lowest BCUT2D eigenvalue weighted by Gasteiger charge is -2.33. The molecule has 0 bridgehead atoms. The molecular formula is C16H16BrN3OS. The lowest BCUT2D eigenvalue weighted by molar-refractivity contribution is 0.201. The largest absolute Gasteiger partial charge is 0.507 e. The quantitative estimate of drug-likeness (QED) is 0.733. The maximum Gasteiger partial charge on any atom is 0.130 e. The van der Waals surface area contributed by atoms with E-state index in [1.54, 1.807) is 6.07 Å². The summed E-state index contributed by atoms with van der Waals surface area (Å²) in [6.45, 7) is 0.834. The van der Waals surface area contributed by atoms with Crippen molar-refractivity contribution in [2.75, 3.05) is 19.1 Å². The van der Waals surface area contributed by atoms with E-state index in [4.69, 9.17) is 0 Å². The van der Waals surface area contributed by atoms with E-state index in [9.17, 15) is 5.11 Å². The Labute approximate surface area is 141 Å². The van der Waals surface area contributed by atoms with E-state index in [1.807, 2.05) is 30.1 Å². The van der Waals surface area contributed by atoms with Crippen LogP contribution in [0.25, 0.3) is 21.8 Å². The van der Waals surface area contributed by atoms with E-state index in [0.29, 0.717) is 6.04 Å². The number of benzene rings is 1. The number of pyridine rings is 1. The molecule has 1 aliphatic heterocycles. The molecule has 1 N–H and O–H groups in total. The number of thioether (sulfide) groups is 1. The molecule has 0 spiro atoms. The molecule has 1 aliphatic rings. The molecule has 4 rings (SSSR count). The number of hydrogen-bond acceptors (Lipinski definition) is 4. The van der Waals surface area contributed by atoms with Gasteiger partial charge in [0.25, 0.3) is 0 Å². The Morgan fingerprint density at radius 2 is 2.23 bits per heavy atom. The molecule has 114 valence electrons. The number of aromatic hydroxyl groups is 1. The third-order valence-corrected chi connectivity index (χ3v) is 5.87. The number of fused-ring (bicyclic) bond motifs is 3. The summed E-state index contributed by atoms with van der Waals surface area (Å²) in [5.41, 5.74) is 3.45. The minimum atomic E-state index is 0.276. The molecule has 0 fully saturated rings. The smallest absolute Gasteiger partial charge is 0.130 e. The first-order valence-electron chi connectivity index (χ1n) is 7.11. The Balaban J connectivity index is 2.15. The van der Waals surface area contributed by atoms with Crippen molar-refractivity contribution in [2.24, 2.45) is 0 Å². The van der Waals surface area contributed by atoms with Crippen LogP contribution in [-0.2, 0) is 6.67 Å². The molecule has 0 saturated heterocycles. The van der Waals surface area contributed by atoms with Crippen LogP contribution in [0.3, 0.4) is 0 Å². The average molecular weight is 378 g/mol. The molecule has 3 aromatic rings. The molecule has 0 amide bonds. The van der Waals surface area contributed by atoms with E-state index in [-0.39, 0.29) is 5.75 Å². The number of hydrogen-bond donors (Lipinski definition) is 1. The van der Waals surface area contributed by atoms with Crippen molar-refractivity contribution in [1.82, 2.24) is 14.5 Å². The lowest BCUT2D eigenvalue weighted by Crippen LogP contribution is -2.33. The summed E-state index contributed by atoms with van der Waals surface area (Å²) in [5, 5.41) is 12.3. The standard InChI is InChI=1S/C16H16BrN3OS/c1-19-8-20-10-3-4-12(21)14(17)13(10)9-5-6-18-15(16(9)20)11(19)7-22-2/h3-6,11,21H,7-8H2,1-2H3. The third kappa shape index (κ3) is 1.84. The fourth-order valence-corrected chi connectivity index (χ4v) is 4.67. The molecule has 0 radical (unpaired) electrons. The molecule has 22 heavy (non-hydrogen) atoms. The first kappa shape index (κ1) is 14.4. The van der Waals surface area contributed by atoms with Gasteiger partial charge < -0.3 is 9.67 Å². The first-order valence-corrected chi connectivity index (χ1v) is 9.29. The normalized spacial score (nSPS) is 18.4. The van der Waals surface area contributed by atoms with Gasteiger partial charge in [-0.25, -0.2) is 0 Å². The minimum Gasteiger partial charge on any atom is -0.507 e. The summed E-state index contributed by atoms with van der Waals surface area (Å²) in [5.74, 6) is 1.30. The number of nitrogens with zero attached hydrogens (tertiary/aromatic N) is 3. The van der Waals surface area contributed by atoms with Gasteiger partial charge in [-0.3, -0.25) is 9.88 Å². The second-order valence-electron chi connectivity index (χ2n) is 5.68. The van der Waals surface area contributed by atoms with Crippen LogP contribution in [0.1, 0.15) is 11.7 Å². The summed E-state index contributed by atoms with van der Waals surface area (Å²) in [7, 11) is 2.14. The van der Waals surface area contributed by atoms with Gasteiger partial charge in [-0.1, -0.05) is 0 Å². The van der Waals surface area contributed by atoms with E-state index in [0.717, 1.165) is 38.9 Å². The van der Waals surface area contributed by atoms with Gasteiger partial charge in [-0.05, 0) is 47.4 Å². The number of halogens is 1. The highest BCUT2D eigenvalue weighted by Gasteiger charge is 2.29. The third-order valence-electron chi connectivity index (χ3n) is 4.42. The highest BCUT2D eigenvalue weighted by molar-refractivity contribution is 9.10. The van der Waals surface area contributed by atoms with Crippen molar-refractivity contribution < 1.29 is 5.11 Å². The van der Waals surface area contributed by atoms with Crippen LogP contribution in [0.4, 0.5) is 0 Å². The Bertz CT molecular complexity index is 892. The van der Waals surface area contributed by atoms with Crippen LogP contribution in [0, 0.1) is 0 Å². The van der Waals surface area contributed by atoms with Gasteiger partial charge in [-0.15, -0.1) is 0 Å². The van der Waals surface area contributed by atoms with Crippen LogP contribution >= 0.6 is 27.7 Å².